The van der Waals surface area contributed by atoms with E-state index in [0.29, 0.717) is 45.6 Å². The highest BCUT2D eigenvalue weighted by atomic mass is 35.5. The molecule has 1 aliphatic rings. The first kappa shape index (κ1) is 24.6. The van der Waals surface area contributed by atoms with Crippen molar-refractivity contribution in [3.63, 3.8) is 0 Å². The number of anilines is 2. The highest BCUT2D eigenvalue weighted by Crippen LogP contribution is 2.30. The number of nitriles is 1. The van der Waals surface area contributed by atoms with Gasteiger partial charge in [0.05, 0.1) is 35.5 Å². The number of pyridine rings is 1. The number of ether oxygens (including phenoxy) is 1. The van der Waals surface area contributed by atoms with Crippen LogP contribution in [-0.2, 0) is 4.74 Å². The van der Waals surface area contributed by atoms with Crippen molar-refractivity contribution in [3.8, 4) is 17.3 Å². The van der Waals surface area contributed by atoms with E-state index in [2.05, 4.69) is 34.5 Å². The number of amides is 1. The summed E-state index contributed by atoms with van der Waals surface area (Å²) in [6.07, 6.45) is 2.81. The van der Waals surface area contributed by atoms with Crippen LogP contribution in [0.1, 0.15) is 36.2 Å². The van der Waals surface area contributed by atoms with Gasteiger partial charge in [0.15, 0.2) is 0 Å². The fourth-order valence-corrected chi connectivity index (χ4v) is 4.01. The van der Waals surface area contributed by atoms with Gasteiger partial charge in [0.2, 0.25) is 0 Å². The summed E-state index contributed by atoms with van der Waals surface area (Å²) in [7, 11) is 0. The van der Waals surface area contributed by atoms with Crippen LogP contribution in [0.3, 0.4) is 0 Å². The molecule has 4 rings (SSSR count). The van der Waals surface area contributed by atoms with Crippen LogP contribution in [-0.4, -0.2) is 30.0 Å². The first-order valence-electron chi connectivity index (χ1n) is 10.6. The van der Waals surface area contributed by atoms with E-state index in [1.807, 2.05) is 12.1 Å². The van der Waals surface area contributed by atoms with Crippen molar-refractivity contribution in [1.82, 2.24) is 4.98 Å². The van der Waals surface area contributed by atoms with Gasteiger partial charge in [-0.15, -0.1) is 0 Å². The topological polar surface area (TPSA) is 78.2 Å². The van der Waals surface area contributed by atoms with E-state index in [1.54, 1.807) is 60.6 Å². The molecule has 6 nitrogen and oxygen atoms in total. The third kappa shape index (κ3) is 6.72. The zero-order valence-corrected chi connectivity index (χ0v) is 20.1. The zero-order chi connectivity index (χ0) is 23.6. The molecular weight excluding hydrogens is 456 g/mol. The number of nitrogens with one attached hydrogen (secondary N) is 1. The van der Waals surface area contributed by atoms with Gasteiger partial charge in [-0.2, -0.15) is 5.26 Å². The number of hydrogen-bond acceptors (Lipinski definition) is 6. The molecule has 0 unspecified atom stereocenters. The monoisotopic (exact) mass is 480 g/mol. The van der Waals surface area contributed by atoms with Crippen LogP contribution < -0.4 is 9.62 Å². The number of nitrogens with zero attached hydrogens (tertiary/aromatic N) is 3. The van der Waals surface area contributed by atoms with Crippen LogP contribution in [0.2, 0.25) is 5.02 Å². The summed E-state index contributed by atoms with van der Waals surface area (Å²) in [6.45, 7) is 5.76. The molecule has 2 heterocycles. The molecule has 0 spiro atoms. The van der Waals surface area contributed by atoms with Gasteiger partial charge in [-0.25, -0.2) is 0 Å². The van der Waals surface area contributed by atoms with E-state index in [4.69, 9.17) is 21.6 Å². The van der Waals surface area contributed by atoms with Crippen molar-refractivity contribution in [1.29, 1.82) is 5.26 Å². The highest BCUT2D eigenvalue weighted by Gasteiger charge is 2.14. The summed E-state index contributed by atoms with van der Waals surface area (Å²) in [6, 6.07) is 18.0. The molecule has 1 N–H and O–H groups in total. The Bertz CT molecular complexity index is 1130. The minimum atomic E-state index is -0.219. The standard InChI is InChI=1S/C22H17ClN4O2S.C3H8/c23-20-6-3-17(12-19(20)21-11-15(13-24)7-8-25-21)26-22(28)16-1-4-18(5-2-16)27-9-10-29-14-30-27;1-3-2/h1-8,11-12H,9-10,14H2,(H,26,28);3H2,1-2H3. The van der Waals surface area contributed by atoms with Crippen molar-refractivity contribution in [2.45, 2.75) is 20.3 Å². The van der Waals surface area contributed by atoms with Crippen molar-refractivity contribution in [2.75, 3.05) is 28.7 Å². The molecule has 0 aliphatic carbocycles. The Morgan fingerprint density at radius 3 is 2.64 bits per heavy atom. The molecule has 1 saturated heterocycles. The molecule has 3 aromatic rings. The number of benzene rings is 2. The second kappa shape index (κ2) is 12.3. The fraction of sp³-hybridized carbons (Fsp3) is 0.240. The largest absolute Gasteiger partial charge is 0.367 e. The first-order chi connectivity index (χ1) is 16.0. The number of carbonyl (C=O) groups excluding carboxylic acids is 1. The van der Waals surface area contributed by atoms with Crippen LogP contribution in [0.25, 0.3) is 11.3 Å². The molecule has 8 heteroatoms. The van der Waals surface area contributed by atoms with Gasteiger partial charge in [0.1, 0.15) is 5.94 Å². The van der Waals surface area contributed by atoms with Gasteiger partial charge in [-0.05, 0) is 66.5 Å². The van der Waals surface area contributed by atoms with Crippen LogP contribution in [0, 0.1) is 11.3 Å². The van der Waals surface area contributed by atoms with Crippen molar-refractivity contribution < 1.29 is 9.53 Å². The average Bonchev–Trinajstić information content (AvgIpc) is 2.86. The van der Waals surface area contributed by atoms with Gasteiger partial charge >= 0.3 is 0 Å². The lowest BCUT2D eigenvalue weighted by atomic mass is 10.1. The molecule has 1 aromatic heterocycles. The van der Waals surface area contributed by atoms with Crippen LogP contribution in [0.5, 0.6) is 0 Å². The quantitative estimate of drug-likeness (QED) is 0.436. The summed E-state index contributed by atoms with van der Waals surface area (Å²) in [4.78, 5) is 17.0. The van der Waals surface area contributed by atoms with E-state index in [-0.39, 0.29) is 5.91 Å². The average molecular weight is 481 g/mol. The summed E-state index contributed by atoms with van der Waals surface area (Å²) in [5.74, 6) is 0.413. The Morgan fingerprint density at radius 2 is 1.97 bits per heavy atom. The number of carbonyl (C=O) groups is 1. The maximum atomic E-state index is 12.7. The molecular formula is C25H25ClN4O2S. The van der Waals surface area contributed by atoms with E-state index in [0.717, 1.165) is 12.2 Å². The molecule has 2 aromatic carbocycles. The highest BCUT2D eigenvalue weighted by molar-refractivity contribution is 8.00. The van der Waals surface area contributed by atoms with Gasteiger partial charge in [0, 0.05) is 28.7 Å². The summed E-state index contributed by atoms with van der Waals surface area (Å²) >= 11 is 7.93. The molecule has 1 amide bonds. The van der Waals surface area contributed by atoms with Crippen LogP contribution in [0.4, 0.5) is 11.4 Å². The third-order valence-corrected chi connectivity index (χ3v) is 5.84. The van der Waals surface area contributed by atoms with E-state index in [1.165, 1.54) is 6.42 Å². The van der Waals surface area contributed by atoms with Gasteiger partial charge in [-0.3, -0.25) is 9.78 Å². The Labute approximate surface area is 203 Å². The van der Waals surface area contributed by atoms with Crippen LogP contribution in [0.15, 0.2) is 60.8 Å². The van der Waals surface area contributed by atoms with E-state index >= 15 is 0 Å². The van der Waals surface area contributed by atoms with E-state index < -0.39 is 0 Å². The van der Waals surface area contributed by atoms with Gasteiger partial charge in [-0.1, -0.05) is 31.9 Å². The molecule has 0 atom stereocenters. The lowest BCUT2D eigenvalue weighted by Crippen LogP contribution is -2.26. The normalized spacial score (nSPS) is 12.8. The minimum absolute atomic E-state index is 0.219. The second-order valence-electron chi connectivity index (χ2n) is 7.20. The van der Waals surface area contributed by atoms with Crippen molar-refractivity contribution in [3.05, 3.63) is 76.9 Å². The maximum absolute atomic E-state index is 12.7. The number of halogens is 1. The Morgan fingerprint density at radius 1 is 1.21 bits per heavy atom. The molecule has 1 fully saturated rings. The third-order valence-electron chi connectivity index (χ3n) is 4.54. The van der Waals surface area contributed by atoms with Gasteiger partial charge < -0.3 is 14.4 Å². The lowest BCUT2D eigenvalue weighted by Gasteiger charge is -2.27. The first-order valence-corrected chi connectivity index (χ1v) is 11.9. The fourth-order valence-electron chi connectivity index (χ4n) is 3.00. The SMILES string of the molecule is CCC.N#Cc1ccnc(-c2cc(NC(=O)c3ccc(N4CCOCS4)cc3)ccc2Cl)c1. The Balaban J connectivity index is 0.000000968. The predicted molar refractivity (Wildman–Crippen MR) is 136 cm³/mol. The van der Waals surface area contributed by atoms with Gasteiger partial charge in [0.25, 0.3) is 5.91 Å². The Kier molecular flexibility index (Phi) is 9.14. The smallest absolute Gasteiger partial charge is 0.255 e. The maximum Gasteiger partial charge on any atom is 0.255 e. The minimum Gasteiger partial charge on any atom is -0.367 e. The molecule has 33 heavy (non-hydrogen) atoms. The van der Waals surface area contributed by atoms with E-state index in [9.17, 15) is 4.79 Å². The lowest BCUT2D eigenvalue weighted by molar-refractivity contribution is 0.102. The Hall–Kier alpha value is -3.05. The molecule has 1 aliphatic heterocycles. The molecule has 0 bridgehead atoms. The molecule has 170 valence electrons. The van der Waals surface area contributed by atoms with Crippen molar-refractivity contribution in [2.24, 2.45) is 0 Å². The zero-order valence-electron chi connectivity index (χ0n) is 18.5. The number of rotatable bonds is 4. The molecule has 0 saturated carbocycles. The number of hydrogen-bond donors (Lipinski definition) is 1. The van der Waals surface area contributed by atoms with Crippen molar-refractivity contribution >= 4 is 40.8 Å². The second-order valence-corrected chi connectivity index (χ2v) is 8.54. The summed E-state index contributed by atoms with van der Waals surface area (Å²) in [5, 5.41) is 12.5. The molecule has 0 radical (unpaired) electrons. The summed E-state index contributed by atoms with van der Waals surface area (Å²) in [5.41, 5.74) is 3.89. The number of aromatic nitrogens is 1. The van der Waals surface area contributed by atoms with Crippen LogP contribution >= 0.6 is 23.5 Å². The summed E-state index contributed by atoms with van der Waals surface area (Å²) < 4.78 is 7.49. The predicted octanol–water partition coefficient (Wildman–Crippen LogP) is 6.38.